The highest BCUT2D eigenvalue weighted by Crippen LogP contribution is 2.69. The first-order chi connectivity index (χ1) is 24.5. The van der Waals surface area contributed by atoms with E-state index in [1.807, 2.05) is 48.5 Å². The average molecular weight is 789 g/mol. The number of allylic oxidation sites excluding steroid dienone is 1. The fraction of sp³-hybridized carbons (Fsp3) is 0.512. The van der Waals surface area contributed by atoms with Crippen molar-refractivity contribution in [2.75, 3.05) is 0 Å². The van der Waals surface area contributed by atoms with E-state index >= 15 is 0 Å². The Hall–Kier alpha value is -3.19. The number of hydrogen-bond donors (Lipinski definition) is 0. The fourth-order valence-electron chi connectivity index (χ4n) is 8.45. The predicted molar refractivity (Wildman–Crippen MR) is 209 cm³/mol. The zero-order chi connectivity index (χ0) is 39.5. The Labute approximate surface area is 318 Å². The van der Waals surface area contributed by atoms with Crippen molar-refractivity contribution < 1.29 is 37.8 Å². The van der Waals surface area contributed by atoms with Crippen LogP contribution in [0.1, 0.15) is 92.7 Å². The predicted octanol–water partition coefficient (Wildman–Crippen LogP) is 9.24. The van der Waals surface area contributed by atoms with Crippen LogP contribution in [0.3, 0.4) is 0 Å². The van der Waals surface area contributed by atoms with Crippen LogP contribution in [-0.4, -0.2) is 31.4 Å². The maximum absolute atomic E-state index is 14.2. The molecule has 1 aliphatic rings. The average Bonchev–Trinajstić information content (AvgIpc) is 3.04. The van der Waals surface area contributed by atoms with Gasteiger partial charge in [-0.3, -0.25) is 4.18 Å². The van der Waals surface area contributed by atoms with Crippen LogP contribution in [0.25, 0.3) is 0 Å². The monoisotopic (exact) mass is 788 g/mol. The maximum Gasteiger partial charge on any atom is 0.339 e. The molecule has 0 N–H and O–H groups in total. The molecule has 3 aromatic rings. The van der Waals surface area contributed by atoms with E-state index < -0.39 is 70.0 Å². The lowest BCUT2D eigenvalue weighted by Crippen LogP contribution is -2.62. The van der Waals surface area contributed by atoms with Gasteiger partial charge in [0.2, 0.25) is 0 Å². The summed E-state index contributed by atoms with van der Waals surface area (Å²) in [7, 11) is -13.6. The minimum Gasteiger partial charge on any atom is -0.382 e. The summed E-state index contributed by atoms with van der Waals surface area (Å²) in [4.78, 5) is -0.198. The van der Waals surface area contributed by atoms with Gasteiger partial charge in [-0.15, -0.1) is 0 Å². The van der Waals surface area contributed by atoms with Gasteiger partial charge in [0, 0.05) is 10.8 Å². The molecule has 0 bridgehead atoms. The molecule has 0 saturated carbocycles. The molecule has 0 spiro atoms. The molecular weight excluding hydrogens is 733 g/mol. The summed E-state index contributed by atoms with van der Waals surface area (Å²) in [6.07, 6.45) is -0.343. The normalized spacial score (nSPS) is 24.2. The van der Waals surface area contributed by atoms with E-state index in [0.29, 0.717) is 30.4 Å². The molecule has 0 aromatic heterocycles. The van der Waals surface area contributed by atoms with Crippen LogP contribution in [0.2, 0.25) is 0 Å². The van der Waals surface area contributed by atoms with E-state index in [2.05, 4.69) is 13.8 Å². The molecule has 1 aliphatic carbocycles. The molecule has 53 heavy (non-hydrogen) atoms. The number of hydrogen-bond acceptors (Lipinski definition) is 9. The summed E-state index contributed by atoms with van der Waals surface area (Å²) >= 11 is 0. The van der Waals surface area contributed by atoms with Crippen LogP contribution in [-0.2, 0) is 54.4 Å². The van der Waals surface area contributed by atoms with Gasteiger partial charge in [-0.05, 0) is 65.7 Å². The summed E-state index contributed by atoms with van der Waals surface area (Å²) in [6.45, 7) is 18.0. The first-order valence-corrected chi connectivity index (χ1v) is 22.8. The van der Waals surface area contributed by atoms with E-state index in [9.17, 15) is 25.3 Å². The molecule has 0 aliphatic heterocycles. The molecule has 0 radical (unpaired) electrons. The second-order valence-corrected chi connectivity index (χ2v) is 21.1. The summed E-state index contributed by atoms with van der Waals surface area (Å²) in [6, 6.07) is 24.5. The van der Waals surface area contributed by atoms with Crippen molar-refractivity contribution in [1.82, 2.24) is 0 Å². The highest BCUT2D eigenvalue weighted by atomic mass is 32.2. The first kappa shape index (κ1) is 42.6. The van der Waals surface area contributed by atoms with Gasteiger partial charge in [0.05, 0.1) is 0 Å². The number of benzene rings is 3. The van der Waals surface area contributed by atoms with E-state index in [4.69, 9.17) is 12.5 Å². The molecule has 9 nitrogen and oxygen atoms in total. The SMILES string of the molecule is CC(C)CC1(C)C(OS(=O)(=O)Cc2ccccc2)=C(OS(=O)(=O)c2ccccc2)C(OS(=O)(=O)Cc2ccccc2)C(C)(CC(C)C)C1(C)CC(C)C. The van der Waals surface area contributed by atoms with Crippen molar-refractivity contribution in [2.24, 2.45) is 34.0 Å². The Balaban J connectivity index is 2.15. The quantitative estimate of drug-likeness (QED) is 0.123. The molecule has 4 rings (SSSR count). The summed E-state index contributed by atoms with van der Waals surface area (Å²) in [5.41, 5.74) is -2.35. The highest BCUT2D eigenvalue weighted by molar-refractivity contribution is 7.87. The summed E-state index contributed by atoms with van der Waals surface area (Å²) < 4.78 is 104. The standard InChI is InChI=1S/C41H56O9S3/c1-30(2)25-39(7)37(49-51(42,43)28-33-19-13-10-14-20-33)36(48-53(46,47)35-23-17-12-18-24-35)38(50-52(44,45)29-34-21-15-11-16-22-34)40(8,26-31(3)4)41(39,9)27-32(5)6/h10-24,30-32,37H,25-29H2,1-9H3. The van der Waals surface area contributed by atoms with Crippen LogP contribution < -0.4 is 0 Å². The van der Waals surface area contributed by atoms with Gasteiger partial charge in [-0.2, -0.15) is 25.3 Å². The molecule has 0 amide bonds. The molecule has 292 valence electrons. The van der Waals surface area contributed by atoms with E-state index in [0.717, 1.165) is 0 Å². The fourth-order valence-corrected chi connectivity index (χ4v) is 11.9. The molecule has 12 heteroatoms. The Morgan fingerprint density at radius 2 is 1.00 bits per heavy atom. The Morgan fingerprint density at radius 3 is 1.45 bits per heavy atom. The van der Waals surface area contributed by atoms with Crippen molar-refractivity contribution >= 4 is 30.4 Å². The van der Waals surface area contributed by atoms with Gasteiger partial charge in [-0.25, -0.2) is 0 Å². The van der Waals surface area contributed by atoms with Crippen molar-refractivity contribution in [3.05, 3.63) is 114 Å². The van der Waals surface area contributed by atoms with Crippen LogP contribution in [0.15, 0.2) is 107 Å². The second kappa shape index (κ2) is 16.3. The van der Waals surface area contributed by atoms with Gasteiger partial charge in [-0.1, -0.05) is 141 Å². The third-order valence-electron chi connectivity index (χ3n) is 10.5. The van der Waals surface area contributed by atoms with Gasteiger partial charge in [0.25, 0.3) is 10.1 Å². The van der Waals surface area contributed by atoms with Crippen LogP contribution in [0, 0.1) is 34.0 Å². The molecule has 4 unspecified atom stereocenters. The van der Waals surface area contributed by atoms with Gasteiger partial charge in [0.15, 0.2) is 11.5 Å². The van der Waals surface area contributed by atoms with E-state index in [-0.39, 0.29) is 28.4 Å². The summed E-state index contributed by atoms with van der Waals surface area (Å²) in [5, 5.41) is 0. The lowest BCUT2D eigenvalue weighted by molar-refractivity contribution is -0.155. The largest absolute Gasteiger partial charge is 0.382 e. The van der Waals surface area contributed by atoms with Crippen molar-refractivity contribution in [1.29, 1.82) is 0 Å². The third kappa shape index (κ3) is 9.74. The molecule has 3 aromatic carbocycles. The van der Waals surface area contributed by atoms with Gasteiger partial charge < -0.3 is 8.37 Å². The van der Waals surface area contributed by atoms with Crippen molar-refractivity contribution in [3.8, 4) is 0 Å². The second-order valence-electron chi connectivity index (χ2n) is 16.4. The molecule has 0 fully saturated rings. The van der Waals surface area contributed by atoms with E-state index in [1.54, 1.807) is 66.7 Å². The third-order valence-corrected chi connectivity index (χ3v) is 14.1. The Bertz CT molecular complexity index is 2050. The molecule has 0 saturated heterocycles. The molecular formula is C41H56O9S3. The molecule has 0 heterocycles. The lowest BCUT2D eigenvalue weighted by atomic mass is 9.42. The van der Waals surface area contributed by atoms with Crippen molar-refractivity contribution in [3.63, 3.8) is 0 Å². The van der Waals surface area contributed by atoms with Gasteiger partial charge in [0.1, 0.15) is 22.5 Å². The van der Waals surface area contributed by atoms with Crippen LogP contribution in [0.5, 0.6) is 0 Å². The van der Waals surface area contributed by atoms with Crippen molar-refractivity contribution in [2.45, 2.75) is 104 Å². The minimum atomic E-state index is -4.68. The highest BCUT2D eigenvalue weighted by Gasteiger charge is 2.68. The number of rotatable bonds is 17. The first-order valence-electron chi connectivity index (χ1n) is 18.2. The summed E-state index contributed by atoms with van der Waals surface area (Å²) in [5.74, 6) is -1.76. The molecule has 4 atom stereocenters. The lowest BCUT2D eigenvalue weighted by Gasteiger charge is -2.63. The zero-order valence-electron chi connectivity index (χ0n) is 32.4. The van der Waals surface area contributed by atoms with Crippen LogP contribution >= 0.6 is 0 Å². The van der Waals surface area contributed by atoms with Crippen LogP contribution in [0.4, 0.5) is 0 Å². The zero-order valence-corrected chi connectivity index (χ0v) is 34.9. The Kier molecular flexibility index (Phi) is 13.1. The maximum atomic E-state index is 14.2. The van der Waals surface area contributed by atoms with Gasteiger partial charge >= 0.3 is 20.2 Å². The van der Waals surface area contributed by atoms with E-state index in [1.165, 1.54) is 24.3 Å². The minimum absolute atomic E-state index is 0.0195. The smallest absolute Gasteiger partial charge is 0.339 e. The Morgan fingerprint density at radius 1 is 0.566 bits per heavy atom. The topological polar surface area (TPSA) is 130 Å².